The van der Waals surface area contributed by atoms with Gasteiger partial charge in [0.05, 0.1) is 12.1 Å². The van der Waals surface area contributed by atoms with Crippen molar-refractivity contribution in [2.24, 2.45) is 5.92 Å². The number of hydrogen-bond donors (Lipinski definition) is 3. The predicted octanol–water partition coefficient (Wildman–Crippen LogP) is 0.360. The molecule has 8 heteroatoms. The van der Waals surface area contributed by atoms with E-state index in [0.717, 1.165) is 0 Å². The van der Waals surface area contributed by atoms with E-state index in [1.165, 1.54) is 20.0 Å². The number of aliphatic carboxylic acids is 1. The average Bonchev–Trinajstić information content (AvgIpc) is 2.76. The first-order valence-corrected chi connectivity index (χ1v) is 7.05. The molecule has 1 rings (SSSR count). The molecule has 1 aromatic heterocycles. The van der Waals surface area contributed by atoms with E-state index in [-0.39, 0.29) is 5.03 Å². The van der Waals surface area contributed by atoms with Crippen LogP contribution in [0.25, 0.3) is 0 Å². The number of sulfonamides is 1. The molecule has 2 unspecified atom stereocenters. The standard InChI is InChI=1S/C10H17N3O4S/c1-4-8-11-5-9(12-8)18(16,17)13-7(3)6(2)10(14)15/h5-7,13H,4H2,1-3H3,(H,11,12)(H,14,15). The van der Waals surface area contributed by atoms with Crippen molar-refractivity contribution < 1.29 is 18.3 Å². The highest BCUT2D eigenvalue weighted by molar-refractivity contribution is 7.89. The molecule has 7 nitrogen and oxygen atoms in total. The number of aromatic nitrogens is 2. The second-order valence-corrected chi connectivity index (χ2v) is 5.77. The summed E-state index contributed by atoms with van der Waals surface area (Å²) >= 11 is 0. The molecule has 18 heavy (non-hydrogen) atoms. The number of carboxylic acids is 1. The Balaban J connectivity index is 2.85. The third-order valence-corrected chi connectivity index (χ3v) is 4.18. The van der Waals surface area contributed by atoms with E-state index in [4.69, 9.17) is 5.11 Å². The molecule has 0 amide bonds. The van der Waals surface area contributed by atoms with Crippen LogP contribution in [0.2, 0.25) is 0 Å². The fourth-order valence-electron chi connectivity index (χ4n) is 1.28. The third-order valence-electron chi connectivity index (χ3n) is 2.71. The number of carbonyl (C=O) groups is 1. The maximum Gasteiger partial charge on any atom is 0.307 e. The lowest BCUT2D eigenvalue weighted by atomic mass is 10.1. The zero-order valence-electron chi connectivity index (χ0n) is 10.5. The molecule has 0 fully saturated rings. The van der Waals surface area contributed by atoms with Gasteiger partial charge in [0, 0.05) is 12.5 Å². The summed E-state index contributed by atoms with van der Waals surface area (Å²) in [5.74, 6) is -1.30. The van der Waals surface area contributed by atoms with Crippen LogP contribution in [0.4, 0.5) is 0 Å². The van der Waals surface area contributed by atoms with Crippen LogP contribution < -0.4 is 4.72 Å². The van der Waals surface area contributed by atoms with Crippen molar-refractivity contribution in [3.8, 4) is 0 Å². The first-order chi connectivity index (χ1) is 8.27. The number of H-pyrrole nitrogens is 1. The molecule has 1 aromatic rings. The molecular formula is C10H17N3O4S. The van der Waals surface area contributed by atoms with Crippen LogP contribution in [0.3, 0.4) is 0 Å². The minimum Gasteiger partial charge on any atom is -0.481 e. The molecule has 0 bridgehead atoms. The summed E-state index contributed by atoms with van der Waals surface area (Å²) in [7, 11) is -3.76. The summed E-state index contributed by atoms with van der Waals surface area (Å²) in [5, 5.41) is 8.75. The molecule has 0 radical (unpaired) electrons. The fraction of sp³-hybridized carbons (Fsp3) is 0.600. The summed E-state index contributed by atoms with van der Waals surface area (Å²) in [6.45, 7) is 4.80. The molecule has 0 aromatic carbocycles. The number of imidazole rings is 1. The SMILES string of the molecule is CCc1ncc(S(=O)(=O)NC(C)C(C)C(=O)O)[nH]1. The largest absolute Gasteiger partial charge is 0.481 e. The van der Waals surface area contributed by atoms with Crippen LogP contribution in [0.5, 0.6) is 0 Å². The normalized spacial score (nSPS) is 15.3. The number of nitrogens with zero attached hydrogens (tertiary/aromatic N) is 1. The lowest BCUT2D eigenvalue weighted by Gasteiger charge is -2.16. The Labute approximate surface area is 106 Å². The number of aromatic amines is 1. The van der Waals surface area contributed by atoms with E-state index in [0.29, 0.717) is 12.2 Å². The zero-order chi connectivity index (χ0) is 13.9. The van der Waals surface area contributed by atoms with Gasteiger partial charge in [-0.05, 0) is 6.92 Å². The van der Waals surface area contributed by atoms with Crippen molar-refractivity contribution in [2.45, 2.75) is 38.3 Å². The average molecular weight is 275 g/mol. The minimum absolute atomic E-state index is 0.0520. The Morgan fingerprint density at radius 2 is 2.17 bits per heavy atom. The van der Waals surface area contributed by atoms with E-state index in [2.05, 4.69) is 14.7 Å². The Morgan fingerprint density at radius 3 is 2.61 bits per heavy atom. The first kappa shape index (κ1) is 14.7. The van der Waals surface area contributed by atoms with Gasteiger partial charge in [0.25, 0.3) is 10.0 Å². The van der Waals surface area contributed by atoms with Gasteiger partial charge in [0.1, 0.15) is 5.82 Å². The topological polar surface area (TPSA) is 112 Å². The molecule has 102 valence electrons. The van der Waals surface area contributed by atoms with Gasteiger partial charge in [0.15, 0.2) is 5.03 Å². The van der Waals surface area contributed by atoms with Crippen LogP contribution in [0.15, 0.2) is 11.2 Å². The Kier molecular flexibility index (Phi) is 4.47. The summed E-state index contributed by atoms with van der Waals surface area (Å²) in [6, 6.07) is -0.708. The van der Waals surface area contributed by atoms with Gasteiger partial charge in [-0.15, -0.1) is 0 Å². The van der Waals surface area contributed by atoms with Gasteiger partial charge in [-0.3, -0.25) is 4.79 Å². The summed E-state index contributed by atoms with van der Waals surface area (Å²) in [4.78, 5) is 17.3. The zero-order valence-corrected chi connectivity index (χ0v) is 11.3. The van der Waals surface area contributed by atoms with Crippen LogP contribution in [-0.4, -0.2) is 35.5 Å². The van der Waals surface area contributed by atoms with E-state index in [1.807, 2.05) is 6.92 Å². The molecule has 2 atom stereocenters. The summed E-state index contributed by atoms with van der Waals surface area (Å²) in [6.07, 6.45) is 1.82. The predicted molar refractivity (Wildman–Crippen MR) is 64.5 cm³/mol. The molecule has 0 spiro atoms. The lowest BCUT2D eigenvalue weighted by molar-refractivity contribution is -0.141. The van der Waals surface area contributed by atoms with Crippen molar-refractivity contribution >= 4 is 16.0 Å². The van der Waals surface area contributed by atoms with Gasteiger partial charge in [-0.1, -0.05) is 13.8 Å². The summed E-state index contributed by atoms with van der Waals surface area (Å²) in [5.41, 5.74) is 0. The van der Waals surface area contributed by atoms with Crippen molar-refractivity contribution in [1.82, 2.24) is 14.7 Å². The van der Waals surface area contributed by atoms with E-state index >= 15 is 0 Å². The number of hydrogen-bond acceptors (Lipinski definition) is 4. The number of nitrogens with one attached hydrogen (secondary N) is 2. The second kappa shape index (κ2) is 5.49. The second-order valence-electron chi connectivity index (χ2n) is 4.08. The quantitative estimate of drug-likeness (QED) is 0.694. The molecule has 3 N–H and O–H groups in total. The Hall–Kier alpha value is -1.41. The Bertz CT molecular complexity index is 523. The monoisotopic (exact) mass is 275 g/mol. The van der Waals surface area contributed by atoms with Crippen LogP contribution >= 0.6 is 0 Å². The van der Waals surface area contributed by atoms with Crippen molar-refractivity contribution in [1.29, 1.82) is 0 Å². The van der Waals surface area contributed by atoms with Crippen molar-refractivity contribution in [3.05, 3.63) is 12.0 Å². The van der Waals surface area contributed by atoms with Crippen LogP contribution in [0.1, 0.15) is 26.6 Å². The highest BCUT2D eigenvalue weighted by Gasteiger charge is 2.26. The van der Waals surface area contributed by atoms with Gasteiger partial charge >= 0.3 is 5.97 Å². The van der Waals surface area contributed by atoms with Crippen LogP contribution in [-0.2, 0) is 21.2 Å². The summed E-state index contributed by atoms with van der Waals surface area (Å²) < 4.78 is 26.2. The van der Waals surface area contributed by atoms with Gasteiger partial charge < -0.3 is 10.1 Å². The maximum atomic E-state index is 11.9. The molecule has 0 saturated heterocycles. The van der Waals surface area contributed by atoms with Crippen molar-refractivity contribution in [3.63, 3.8) is 0 Å². The Morgan fingerprint density at radius 1 is 1.56 bits per heavy atom. The van der Waals surface area contributed by atoms with E-state index in [1.54, 1.807) is 0 Å². The molecule has 1 heterocycles. The number of carboxylic acid groups (broad SMARTS) is 1. The highest BCUT2D eigenvalue weighted by Crippen LogP contribution is 2.10. The van der Waals surface area contributed by atoms with Gasteiger partial charge in [-0.25, -0.2) is 18.1 Å². The van der Waals surface area contributed by atoms with E-state index in [9.17, 15) is 13.2 Å². The number of aryl methyl sites for hydroxylation is 1. The highest BCUT2D eigenvalue weighted by atomic mass is 32.2. The molecule has 0 aliphatic heterocycles. The van der Waals surface area contributed by atoms with Crippen molar-refractivity contribution in [2.75, 3.05) is 0 Å². The van der Waals surface area contributed by atoms with E-state index < -0.39 is 28.0 Å². The van der Waals surface area contributed by atoms with Crippen LogP contribution in [0, 0.1) is 5.92 Å². The molecule has 0 saturated carbocycles. The van der Waals surface area contributed by atoms with Gasteiger partial charge in [-0.2, -0.15) is 0 Å². The molecule has 0 aliphatic rings. The lowest BCUT2D eigenvalue weighted by Crippen LogP contribution is -2.40. The maximum absolute atomic E-state index is 11.9. The third kappa shape index (κ3) is 3.30. The van der Waals surface area contributed by atoms with Gasteiger partial charge in [0.2, 0.25) is 0 Å². The minimum atomic E-state index is -3.76. The first-order valence-electron chi connectivity index (χ1n) is 5.57. The molecular weight excluding hydrogens is 258 g/mol. The smallest absolute Gasteiger partial charge is 0.307 e. The fourth-order valence-corrected chi connectivity index (χ4v) is 2.55. The molecule has 0 aliphatic carbocycles. The number of rotatable bonds is 6.